The molecule has 0 spiro atoms. The van der Waals surface area contributed by atoms with Crippen LogP contribution in [0.2, 0.25) is 0 Å². The Hall–Kier alpha value is -1.29. The third-order valence-electron chi connectivity index (χ3n) is 3.37. The van der Waals surface area contributed by atoms with E-state index in [4.69, 9.17) is 10.5 Å². The molecule has 0 amide bonds. The fraction of sp³-hybridized carbons (Fsp3) is 0.615. The normalized spacial score (nSPS) is 24.8. The molecule has 1 aromatic rings. The Kier molecular flexibility index (Phi) is 3.84. The number of piperidine rings is 1. The van der Waals surface area contributed by atoms with E-state index in [-0.39, 0.29) is 6.04 Å². The van der Waals surface area contributed by atoms with Crippen LogP contribution in [0.5, 0.6) is 5.75 Å². The van der Waals surface area contributed by atoms with Gasteiger partial charge in [0.2, 0.25) is 0 Å². The maximum absolute atomic E-state index is 6.12. The van der Waals surface area contributed by atoms with Gasteiger partial charge in [-0.2, -0.15) is 0 Å². The van der Waals surface area contributed by atoms with Crippen LogP contribution in [-0.2, 0) is 0 Å². The first-order chi connectivity index (χ1) is 8.22. The summed E-state index contributed by atoms with van der Waals surface area (Å²) in [5, 5.41) is 0. The predicted octanol–water partition coefficient (Wildman–Crippen LogP) is 1.65. The number of nitrogens with zero attached hydrogens (tertiary/aromatic N) is 2. The van der Waals surface area contributed by atoms with Gasteiger partial charge in [0.05, 0.1) is 6.61 Å². The maximum atomic E-state index is 6.12. The highest BCUT2D eigenvalue weighted by molar-refractivity contribution is 5.52. The van der Waals surface area contributed by atoms with Gasteiger partial charge in [0.15, 0.2) is 11.6 Å². The van der Waals surface area contributed by atoms with Gasteiger partial charge in [-0.25, -0.2) is 4.98 Å². The smallest absolute Gasteiger partial charge is 0.171 e. The van der Waals surface area contributed by atoms with Crippen LogP contribution in [0.25, 0.3) is 0 Å². The number of hydrogen-bond donors (Lipinski definition) is 1. The zero-order chi connectivity index (χ0) is 12.3. The molecule has 17 heavy (non-hydrogen) atoms. The lowest BCUT2D eigenvalue weighted by molar-refractivity contribution is 0.333. The third-order valence-corrected chi connectivity index (χ3v) is 3.37. The van der Waals surface area contributed by atoms with E-state index < -0.39 is 0 Å². The molecule has 0 aromatic carbocycles. The van der Waals surface area contributed by atoms with E-state index in [0.717, 1.165) is 31.1 Å². The van der Waals surface area contributed by atoms with Gasteiger partial charge >= 0.3 is 0 Å². The molecule has 2 unspecified atom stereocenters. The van der Waals surface area contributed by atoms with Crippen LogP contribution < -0.4 is 15.4 Å². The molecule has 0 saturated carbocycles. The van der Waals surface area contributed by atoms with E-state index in [2.05, 4.69) is 16.8 Å². The van der Waals surface area contributed by atoms with Crippen molar-refractivity contribution < 1.29 is 4.74 Å². The summed E-state index contributed by atoms with van der Waals surface area (Å²) in [5.74, 6) is 2.37. The van der Waals surface area contributed by atoms with Crippen molar-refractivity contribution in [2.45, 2.75) is 26.3 Å². The van der Waals surface area contributed by atoms with Gasteiger partial charge in [-0.3, -0.25) is 0 Å². The summed E-state index contributed by atoms with van der Waals surface area (Å²) in [7, 11) is 0. The summed E-state index contributed by atoms with van der Waals surface area (Å²) in [4.78, 5) is 6.66. The third kappa shape index (κ3) is 2.69. The van der Waals surface area contributed by atoms with Gasteiger partial charge in [0.1, 0.15) is 0 Å². The Morgan fingerprint density at radius 1 is 1.59 bits per heavy atom. The largest absolute Gasteiger partial charge is 0.490 e. The van der Waals surface area contributed by atoms with Gasteiger partial charge in [0.25, 0.3) is 0 Å². The van der Waals surface area contributed by atoms with Gasteiger partial charge in [-0.15, -0.1) is 0 Å². The molecular weight excluding hydrogens is 214 g/mol. The fourth-order valence-electron chi connectivity index (χ4n) is 2.18. The van der Waals surface area contributed by atoms with E-state index in [1.165, 1.54) is 0 Å². The molecule has 1 aliphatic heterocycles. The minimum Gasteiger partial charge on any atom is -0.490 e. The highest BCUT2D eigenvalue weighted by atomic mass is 16.5. The van der Waals surface area contributed by atoms with Crippen LogP contribution in [0.1, 0.15) is 20.3 Å². The quantitative estimate of drug-likeness (QED) is 0.865. The molecule has 94 valence electrons. The SMILES string of the molecule is CCOc1cccnc1N1CCC(C)C(N)C1. The highest BCUT2D eigenvalue weighted by Crippen LogP contribution is 2.28. The number of pyridine rings is 1. The molecule has 2 rings (SSSR count). The number of nitrogens with two attached hydrogens (primary N) is 1. The highest BCUT2D eigenvalue weighted by Gasteiger charge is 2.25. The van der Waals surface area contributed by atoms with Crippen LogP contribution in [0, 0.1) is 5.92 Å². The van der Waals surface area contributed by atoms with E-state index in [9.17, 15) is 0 Å². The standard InChI is InChI=1S/C13H21N3O/c1-3-17-12-5-4-7-15-13(12)16-8-6-10(2)11(14)9-16/h4-5,7,10-11H,3,6,8-9,14H2,1-2H3. The van der Waals surface area contributed by atoms with E-state index in [1.807, 2.05) is 19.1 Å². The van der Waals surface area contributed by atoms with Gasteiger partial charge < -0.3 is 15.4 Å². The van der Waals surface area contributed by atoms with Gasteiger partial charge in [0, 0.05) is 25.3 Å². The summed E-state index contributed by atoms with van der Waals surface area (Å²) >= 11 is 0. The number of aromatic nitrogens is 1. The molecule has 0 aliphatic carbocycles. The average Bonchev–Trinajstić information content (AvgIpc) is 2.34. The monoisotopic (exact) mass is 235 g/mol. The van der Waals surface area contributed by atoms with Crippen LogP contribution in [0.15, 0.2) is 18.3 Å². The van der Waals surface area contributed by atoms with Crippen molar-refractivity contribution in [2.24, 2.45) is 11.7 Å². The summed E-state index contributed by atoms with van der Waals surface area (Å²) in [6.07, 6.45) is 2.92. The van der Waals surface area contributed by atoms with Gasteiger partial charge in [-0.05, 0) is 31.4 Å². The van der Waals surface area contributed by atoms with E-state index in [0.29, 0.717) is 12.5 Å². The second-order valence-electron chi connectivity index (χ2n) is 4.63. The lowest BCUT2D eigenvalue weighted by atomic mass is 9.94. The minimum atomic E-state index is 0.222. The van der Waals surface area contributed by atoms with Crippen LogP contribution >= 0.6 is 0 Å². The Bertz CT molecular complexity index is 369. The number of ether oxygens (including phenoxy) is 1. The van der Waals surface area contributed by atoms with Crippen molar-refractivity contribution in [3.05, 3.63) is 18.3 Å². The lowest BCUT2D eigenvalue weighted by Gasteiger charge is -2.36. The Labute approximate surface area is 103 Å². The Balaban J connectivity index is 2.16. The molecule has 1 aliphatic rings. The van der Waals surface area contributed by atoms with Gasteiger partial charge in [-0.1, -0.05) is 6.92 Å². The first kappa shape index (κ1) is 12.2. The minimum absolute atomic E-state index is 0.222. The Morgan fingerprint density at radius 3 is 3.12 bits per heavy atom. The first-order valence-corrected chi connectivity index (χ1v) is 6.30. The zero-order valence-corrected chi connectivity index (χ0v) is 10.6. The van der Waals surface area contributed by atoms with Crippen LogP contribution in [-0.4, -0.2) is 30.7 Å². The molecule has 4 nitrogen and oxygen atoms in total. The second kappa shape index (κ2) is 5.36. The number of rotatable bonds is 3. The van der Waals surface area contributed by atoms with Crippen LogP contribution in [0.4, 0.5) is 5.82 Å². The molecular formula is C13H21N3O. The predicted molar refractivity (Wildman–Crippen MR) is 69.4 cm³/mol. The molecule has 2 N–H and O–H groups in total. The zero-order valence-electron chi connectivity index (χ0n) is 10.6. The second-order valence-corrected chi connectivity index (χ2v) is 4.63. The maximum Gasteiger partial charge on any atom is 0.171 e. The number of anilines is 1. The molecule has 2 heterocycles. The molecule has 1 aromatic heterocycles. The van der Waals surface area contributed by atoms with E-state index >= 15 is 0 Å². The van der Waals surface area contributed by atoms with Crippen molar-refractivity contribution in [1.82, 2.24) is 4.98 Å². The summed E-state index contributed by atoms with van der Waals surface area (Å²) in [6, 6.07) is 4.09. The first-order valence-electron chi connectivity index (χ1n) is 6.30. The van der Waals surface area contributed by atoms with Crippen molar-refractivity contribution in [3.63, 3.8) is 0 Å². The lowest BCUT2D eigenvalue weighted by Crippen LogP contribution is -2.48. The van der Waals surface area contributed by atoms with E-state index in [1.54, 1.807) is 6.20 Å². The summed E-state index contributed by atoms with van der Waals surface area (Å²) in [5.41, 5.74) is 6.12. The topological polar surface area (TPSA) is 51.4 Å². The molecule has 2 atom stereocenters. The summed E-state index contributed by atoms with van der Waals surface area (Å²) < 4.78 is 5.61. The molecule has 1 fully saturated rings. The average molecular weight is 235 g/mol. The van der Waals surface area contributed by atoms with Crippen molar-refractivity contribution in [1.29, 1.82) is 0 Å². The molecule has 0 bridgehead atoms. The molecule has 0 radical (unpaired) electrons. The fourth-order valence-corrected chi connectivity index (χ4v) is 2.18. The Morgan fingerprint density at radius 2 is 2.41 bits per heavy atom. The molecule has 1 saturated heterocycles. The number of hydrogen-bond acceptors (Lipinski definition) is 4. The molecule has 4 heteroatoms. The van der Waals surface area contributed by atoms with Crippen molar-refractivity contribution in [3.8, 4) is 5.75 Å². The van der Waals surface area contributed by atoms with Crippen molar-refractivity contribution >= 4 is 5.82 Å². The summed E-state index contributed by atoms with van der Waals surface area (Å²) in [6.45, 7) is 6.73. The van der Waals surface area contributed by atoms with Crippen molar-refractivity contribution in [2.75, 3.05) is 24.6 Å². The van der Waals surface area contributed by atoms with Crippen LogP contribution in [0.3, 0.4) is 0 Å².